The van der Waals surface area contributed by atoms with Crippen LogP contribution < -0.4 is 5.32 Å². The van der Waals surface area contributed by atoms with Crippen LogP contribution >= 0.6 is 11.3 Å². The average Bonchev–Trinajstić information content (AvgIpc) is 2.86. The lowest BCUT2D eigenvalue weighted by molar-refractivity contribution is 0.245. The fraction of sp³-hybridized carbons (Fsp3) is 0.733. The number of hydrogen-bond donors (Lipinski definition) is 2. The van der Waals surface area contributed by atoms with Crippen LogP contribution in [-0.2, 0) is 12.0 Å². The van der Waals surface area contributed by atoms with Crippen LogP contribution in [0, 0.1) is 5.41 Å². The van der Waals surface area contributed by atoms with Gasteiger partial charge in [0.1, 0.15) is 0 Å². The highest BCUT2D eigenvalue weighted by atomic mass is 32.1. The van der Waals surface area contributed by atoms with E-state index in [4.69, 9.17) is 5.11 Å². The van der Waals surface area contributed by atoms with Gasteiger partial charge in [-0.2, -0.15) is 0 Å². The third kappa shape index (κ3) is 3.56. The summed E-state index contributed by atoms with van der Waals surface area (Å²) >= 11 is 1.91. The van der Waals surface area contributed by atoms with Gasteiger partial charge in [0.05, 0.1) is 0 Å². The summed E-state index contributed by atoms with van der Waals surface area (Å²) in [5, 5.41) is 12.6. The second-order valence-corrected chi connectivity index (χ2v) is 7.76. The molecule has 0 atom stereocenters. The quantitative estimate of drug-likeness (QED) is 0.829. The SMILES string of the molecule is CC(C)(C)c1ccc(CNCC2(CCO)CC2)s1. The summed E-state index contributed by atoms with van der Waals surface area (Å²) in [6, 6.07) is 4.49. The van der Waals surface area contributed by atoms with E-state index in [1.807, 2.05) is 11.3 Å². The van der Waals surface area contributed by atoms with Gasteiger partial charge in [0.2, 0.25) is 0 Å². The molecule has 0 bridgehead atoms. The van der Waals surface area contributed by atoms with E-state index in [1.165, 1.54) is 22.6 Å². The first kappa shape index (κ1) is 14.0. The van der Waals surface area contributed by atoms with Gasteiger partial charge in [-0.1, -0.05) is 20.8 Å². The number of aliphatic hydroxyl groups excluding tert-OH is 1. The van der Waals surface area contributed by atoms with Crippen LogP contribution in [0.2, 0.25) is 0 Å². The second kappa shape index (κ2) is 5.32. The summed E-state index contributed by atoms with van der Waals surface area (Å²) in [4.78, 5) is 2.87. The molecule has 1 aromatic rings. The molecule has 1 aromatic heterocycles. The van der Waals surface area contributed by atoms with E-state index in [0.29, 0.717) is 12.0 Å². The molecule has 2 N–H and O–H groups in total. The smallest absolute Gasteiger partial charge is 0.0436 e. The first-order chi connectivity index (χ1) is 8.45. The fourth-order valence-electron chi connectivity index (χ4n) is 2.26. The molecule has 1 saturated carbocycles. The molecule has 0 spiro atoms. The van der Waals surface area contributed by atoms with Gasteiger partial charge in [0, 0.05) is 29.5 Å². The molecule has 1 aliphatic carbocycles. The molecule has 3 heteroatoms. The van der Waals surface area contributed by atoms with Crippen molar-refractivity contribution in [3.63, 3.8) is 0 Å². The van der Waals surface area contributed by atoms with Gasteiger partial charge in [-0.3, -0.25) is 0 Å². The lowest BCUT2D eigenvalue weighted by Gasteiger charge is -2.15. The molecule has 0 unspecified atom stereocenters. The molecular formula is C15H25NOS. The first-order valence-corrected chi connectivity index (χ1v) is 7.68. The van der Waals surface area contributed by atoms with Gasteiger partial charge in [0.25, 0.3) is 0 Å². The monoisotopic (exact) mass is 267 g/mol. The molecule has 18 heavy (non-hydrogen) atoms. The average molecular weight is 267 g/mol. The minimum atomic E-state index is 0.261. The number of aliphatic hydroxyl groups is 1. The van der Waals surface area contributed by atoms with Crippen LogP contribution in [0.25, 0.3) is 0 Å². The largest absolute Gasteiger partial charge is 0.396 e. The predicted molar refractivity (Wildman–Crippen MR) is 78.1 cm³/mol. The predicted octanol–water partition coefficient (Wildman–Crippen LogP) is 3.30. The molecule has 2 rings (SSSR count). The van der Waals surface area contributed by atoms with Crippen molar-refractivity contribution in [3.05, 3.63) is 21.9 Å². The van der Waals surface area contributed by atoms with E-state index >= 15 is 0 Å². The molecule has 0 saturated heterocycles. The van der Waals surface area contributed by atoms with Crippen LogP contribution in [0.15, 0.2) is 12.1 Å². The van der Waals surface area contributed by atoms with Gasteiger partial charge in [0.15, 0.2) is 0 Å². The molecular weight excluding hydrogens is 242 g/mol. The molecule has 0 radical (unpaired) electrons. The lowest BCUT2D eigenvalue weighted by atomic mass is 9.95. The van der Waals surface area contributed by atoms with Crippen LogP contribution in [0.1, 0.15) is 49.8 Å². The Labute approximate surface area is 114 Å². The zero-order valence-electron chi connectivity index (χ0n) is 11.8. The highest BCUT2D eigenvalue weighted by Crippen LogP contribution is 2.47. The Morgan fingerprint density at radius 3 is 2.56 bits per heavy atom. The molecule has 0 aliphatic heterocycles. The number of nitrogens with one attached hydrogen (secondary N) is 1. The summed E-state index contributed by atoms with van der Waals surface area (Å²) in [6.07, 6.45) is 3.51. The van der Waals surface area contributed by atoms with E-state index < -0.39 is 0 Å². The third-order valence-electron chi connectivity index (χ3n) is 3.80. The maximum atomic E-state index is 9.03. The van der Waals surface area contributed by atoms with E-state index in [9.17, 15) is 0 Å². The van der Waals surface area contributed by atoms with Crippen molar-refractivity contribution in [2.24, 2.45) is 5.41 Å². The van der Waals surface area contributed by atoms with Crippen LogP contribution in [0.3, 0.4) is 0 Å². The third-order valence-corrected chi connectivity index (χ3v) is 5.31. The summed E-state index contributed by atoms with van der Waals surface area (Å²) in [5.74, 6) is 0. The van der Waals surface area contributed by atoms with E-state index in [-0.39, 0.29) is 5.41 Å². The number of thiophene rings is 1. The van der Waals surface area contributed by atoms with Gasteiger partial charge in [-0.25, -0.2) is 0 Å². The molecule has 2 nitrogen and oxygen atoms in total. The van der Waals surface area contributed by atoms with Crippen molar-refractivity contribution >= 4 is 11.3 Å². The summed E-state index contributed by atoms with van der Waals surface area (Å²) in [5.41, 5.74) is 0.677. The summed E-state index contributed by atoms with van der Waals surface area (Å²) in [6.45, 7) is 9.13. The highest BCUT2D eigenvalue weighted by Gasteiger charge is 2.41. The summed E-state index contributed by atoms with van der Waals surface area (Å²) < 4.78 is 0. The lowest BCUT2D eigenvalue weighted by Crippen LogP contribution is -2.24. The molecule has 102 valence electrons. The van der Waals surface area contributed by atoms with Crippen LogP contribution in [0.5, 0.6) is 0 Å². The van der Waals surface area contributed by atoms with Crippen molar-refractivity contribution in [2.75, 3.05) is 13.2 Å². The zero-order chi connectivity index (χ0) is 13.2. The fourth-order valence-corrected chi connectivity index (χ4v) is 3.29. The molecule has 1 heterocycles. The second-order valence-electron chi connectivity index (χ2n) is 6.59. The van der Waals surface area contributed by atoms with Crippen molar-refractivity contribution in [3.8, 4) is 0 Å². The Balaban J connectivity index is 1.79. The Morgan fingerprint density at radius 2 is 2.06 bits per heavy atom. The van der Waals surface area contributed by atoms with E-state index in [0.717, 1.165) is 19.5 Å². The normalized spacial score (nSPS) is 18.0. The highest BCUT2D eigenvalue weighted by molar-refractivity contribution is 7.12. The van der Waals surface area contributed by atoms with Crippen molar-refractivity contribution < 1.29 is 5.11 Å². The van der Waals surface area contributed by atoms with Gasteiger partial charge in [-0.05, 0) is 42.2 Å². The Bertz CT molecular complexity index is 387. The van der Waals surface area contributed by atoms with Crippen molar-refractivity contribution in [1.29, 1.82) is 0 Å². The van der Waals surface area contributed by atoms with E-state index in [2.05, 4.69) is 38.2 Å². The van der Waals surface area contributed by atoms with E-state index in [1.54, 1.807) is 0 Å². The standard InChI is InChI=1S/C15H25NOS/c1-14(2,3)13-5-4-12(18-13)10-16-11-15(6-7-15)8-9-17/h4-5,16-17H,6-11H2,1-3H3. The molecule has 0 aromatic carbocycles. The first-order valence-electron chi connectivity index (χ1n) is 6.86. The molecule has 0 amide bonds. The Kier molecular flexibility index (Phi) is 4.15. The minimum Gasteiger partial charge on any atom is -0.396 e. The number of rotatable bonds is 6. The number of hydrogen-bond acceptors (Lipinski definition) is 3. The van der Waals surface area contributed by atoms with Crippen LogP contribution in [0.4, 0.5) is 0 Å². The van der Waals surface area contributed by atoms with Crippen LogP contribution in [-0.4, -0.2) is 18.3 Å². The minimum absolute atomic E-state index is 0.261. The zero-order valence-corrected chi connectivity index (χ0v) is 12.6. The van der Waals surface area contributed by atoms with Crippen molar-refractivity contribution in [2.45, 2.75) is 52.0 Å². The van der Waals surface area contributed by atoms with Crippen molar-refractivity contribution in [1.82, 2.24) is 5.32 Å². The molecule has 1 fully saturated rings. The maximum Gasteiger partial charge on any atom is 0.0436 e. The van der Waals surface area contributed by atoms with Gasteiger partial charge < -0.3 is 10.4 Å². The Hall–Kier alpha value is -0.380. The Morgan fingerprint density at radius 1 is 1.33 bits per heavy atom. The maximum absolute atomic E-state index is 9.03. The van der Waals surface area contributed by atoms with Gasteiger partial charge in [-0.15, -0.1) is 11.3 Å². The molecule has 1 aliphatic rings. The van der Waals surface area contributed by atoms with Gasteiger partial charge >= 0.3 is 0 Å². The summed E-state index contributed by atoms with van der Waals surface area (Å²) in [7, 11) is 0. The topological polar surface area (TPSA) is 32.3 Å².